The van der Waals surface area contributed by atoms with E-state index < -0.39 is 0 Å². The molecule has 0 aliphatic carbocycles. The van der Waals surface area contributed by atoms with Gasteiger partial charge in [-0.25, -0.2) is 0 Å². The van der Waals surface area contributed by atoms with Crippen LogP contribution in [0.2, 0.25) is 10.0 Å². The molecule has 1 aromatic heterocycles. The predicted octanol–water partition coefficient (Wildman–Crippen LogP) is 4.24. The summed E-state index contributed by atoms with van der Waals surface area (Å²) >= 11 is 15.5. The van der Waals surface area contributed by atoms with Crippen molar-refractivity contribution in [3.63, 3.8) is 0 Å². The molecule has 2 aromatic rings. The lowest BCUT2D eigenvalue weighted by Crippen LogP contribution is -2.03. The Morgan fingerprint density at radius 1 is 1.37 bits per heavy atom. The Kier molecular flexibility index (Phi) is 5.13. The van der Waals surface area contributed by atoms with Gasteiger partial charge in [-0.15, -0.1) is 0 Å². The Labute approximate surface area is 130 Å². The monoisotopic (exact) mass is 362 g/mol. The summed E-state index contributed by atoms with van der Waals surface area (Å²) in [5, 5.41) is 5.91. The van der Waals surface area contributed by atoms with Crippen molar-refractivity contribution in [2.75, 3.05) is 6.61 Å². The van der Waals surface area contributed by atoms with Gasteiger partial charge in [-0.2, -0.15) is 5.10 Å². The van der Waals surface area contributed by atoms with E-state index in [-0.39, 0.29) is 0 Å². The van der Waals surface area contributed by atoms with Gasteiger partial charge in [0, 0.05) is 35.6 Å². The maximum atomic E-state index is 6.15. The molecule has 0 aliphatic rings. The maximum absolute atomic E-state index is 6.15. The molecule has 6 heteroatoms. The maximum Gasteiger partial charge on any atom is 0.142 e. The first kappa shape index (κ1) is 14.7. The van der Waals surface area contributed by atoms with E-state index in [1.807, 2.05) is 25.5 Å². The summed E-state index contributed by atoms with van der Waals surface area (Å²) in [6, 6.07) is 3.54. The van der Waals surface area contributed by atoms with E-state index in [4.69, 9.17) is 27.9 Å². The van der Waals surface area contributed by atoms with Crippen LogP contribution in [0, 0.1) is 0 Å². The van der Waals surface area contributed by atoms with Crippen LogP contribution in [0.4, 0.5) is 0 Å². The number of benzene rings is 1. The van der Waals surface area contributed by atoms with E-state index >= 15 is 0 Å². The first-order valence-electron chi connectivity index (χ1n) is 5.74. The van der Waals surface area contributed by atoms with Crippen molar-refractivity contribution in [3.8, 4) is 5.75 Å². The molecule has 0 N–H and O–H groups in total. The number of aromatic nitrogens is 2. The van der Waals surface area contributed by atoms with Crippen LogP contribution in [0.15, 0.2) is 24.5 Å². The summed E-state index contributed by atoms with van der Waals surface area (Å²) in [6.45, 7) is 0.549. The number of aryl methyl sites for hydroxylation is 1. The van der Waals surface area contributed by atoms with Crippen LogP contribution in [-0.2, 0) is 18.8 Å². The van der Waals surface area contributed by atoms with E-state index in [0.29, 0.717) is 27.7 Å². The zero-order valence-corrected chi connectivity index (χ0v) is 13.5. The molecule has 0 saturated heterocycles. The number of halogens is 3. The Morgan fingerprint density at radius 3 is 2.79 bits per heavy atom. The quantitative estimate of drug-likeness (QED) is 0.742. The van der Waals surface area contributed by atoms with Crippen LogP contribution in [0.25, 0.3) is 0 Å². The molecule has 1 aromatic carbocycles. The Balaban J connectivity index is 2.03. The summed E-state index contributed by atoms with van der Waals surface area (Å²) in [5.74, 6) is 0.687. The third-order valence-corrected chi connectivity index (χ3v) is 3.73. The third kappa shape index (κ3) is 3.88. The van der Waals surface area contributed by atoms with Crippen LogP contribution in [0.5, 0.6) is 5.75 Å². The van der Waals surface area contributed by atoms with Gasteiger partial charge >= 0.3 is 0 Å². The largest absolute Gasteiger partial charge is 0.491 e. The lowest BCUT2D eigenvalue weighted by Gasteiger charge is -2.12. The number of hydrogen-bond acceptors (Lipinski definition) is 2. The van der Waals surface area contributed by atoms with Crippen LogP contribution < -0.4 is 4.74 Å². The SMILES string of the molecule is Cn1cc(CCOc2c(Cl)cc(Cl)cc2CBr)cn1. The van der Waals surface area contributed by atoms with E-state index in [1.54, 1.807) is 10.7 Å². The fourth-order valence-electron chi connectivity index (χ4n) is 1.75. The first-order chi connectivity index (χ1) is 9.10. The Hall–Kier alpha value is -0.710. The highest BCUT2D eigenvalue weighted by Gasteiger charge is 2.10. The third-order valence-electron chi connectivity index (χ3n) is 2.62. The molecule has 3 nitrogen and oxygen atoms in total. The van der Waals surface area contributed by atoms with Gasteiger partial charge in [-0.3, -0.25) is 4.68 Å². The lowest BCUT2D eigenvalue weighted by atomic mass is 10.2. The molecule has 102 valence electrons. The minimum absolute atomic E-state index is 0.535. The van der Waals surface area contributed by atoms with Gasteiger partial charge in [-0.1, -0.05) is 39.1 Å². The van der Waals surface area contributed by atoms with Gasteiger partial charge in [0.2, 0.25) is 0 Å². The number of nitrogens with zero attached hydrogens (tertiary/aromatic N) is 2. The van der Waals surface area contributed by atoms with Crippen molar-refractivity contribution in [1.82, 2.24) is 9.78 Å². The highest BCUT2D eigenvalue weighted by Crippen LogP contribution is 2.33. The Morgan fingerprint density at radius 2 is 2.16 bits per heavy atom. The van der Waals surface area contributed by atoms with Gasteiger partial charge in [0.05, 0.1) is 17.8 Å². The fourth-order valence-corrected chi connectivity index (χ4v) is 2.75. The number of alkyl halides is 1. The second-order valence-corrected chi connectivity index (χ2v) is 5.53. The molecule has 1 heterocycles. The summed E-state index contributed by atoms with van der Waals surface area (Å²) in [7, 11) is 1.89. The predicted molar refractivity (Wildman–Crippen MR) is 81.5 cm³/mol. The molecule has 0 radical (unpaired) electrons. The van der Waals surface area contributed by atoms with Crippen molar-refractivity contribution in [2.24, 2.45) is 7.05 Å². The molecule has 0 fully saturated rings. The second-order valence-electron chi connectivity index (χ2n) is 4.13. The normalized spacial score (nSPS) is 10.7. The molecule has 0 saturated carbocycles. The zero-order chi connectivity index (χ0) is 13.8. The zero-order valence-electron chi connectivity index (χ0n) is 10.4. The van der Waals surface area contributed by atoms with Gasteiger partial charge < -0.3 is 4.74 Å². The number of hydrogen-bond donors (Lipinski definition) is 0. The lowest BCUT2D eigenvalue weighted by molar-refractivity contribution is 0.320. The molecular weight excluding hydrogens is 351 g/mol. The minimum Gasteiger partial charge on any atom is -0.491 e. The molecule has 2 rings (SSSR count). The summed E-state index contributed by atoms with van der Waals surface area (Å²) in [6.07, 6.45) is 4.59. The molecule has 0 spiro atoms. The van der Waals surface area contributed by atoms with E-state index in [0.717, 1.165) is 17.5 Å². The van der Waals surface area contributed by atoms with Crippen LogP contribution in [-0.4, -0.2) is 16.4 Å². The van der Waals surface area contributed by atoms with Crippen LogP contribution in [0.3, 0.4) is 0 Å². The smallest absolute Gasteiger partial charge is 0.142 e. The topological polar surface area (TPSA) is 27.1 Å². The highest BCUT2D eigenvalue weighted by molar-refractivity contribution is 9.08. The average molecular weight is 364 g/mol. The molecule has 0 unspecified atom stereocenters. The van der Waals surface area contributed by atoms with Crippen molar-refractivity contribution >= 4 is 39.1 Å². The van der Waals surface area contributed by atoms with E-state index in [1.165, 1.54) is 0 Å². The first-order valence-corrected chi connectivity index (χ1v) is 7.62. The molecule has 0 amide bonds. The minimum atomic E-state index is 0.535. The molecule has 0 bridgehead atoms. The van der Waals surface area contributed by atoms with Crippen molar-refractivity contribution < 1.29 is 4.74 Å². The molecule has 19 heavy (non-hydrogen) atoms. The van der Waals surface area contributed by atoms with Crippen molar-refractivity contribution in [3.05, 3.63) is 45.7 Å². The van der Waals surface area contributed by atoms with Gasteiger partial charge in [0.25, 0.3) is 0 Å². The van der Waals surface area contributed by atoms with Gasteiger partial charge in [0.15, 0.2) is 0 Å². The summed E-state index contributed by atoms with van der Waals surface area (Å²) < 4.78 is 7.54. The fraction of sp³-hybridized carbons (Fsp3) is 0.308. The van der Waals surface area contributed by atoms with Crippen LogP contribution >= 0.6 is 39.1 Å². The second kappa shape index (κ2) is 6.64. The Bertz CT molecular complexity index is 572. The molecular formula is C13H13BrCl2N2O. The molecule has 0 atom stereocenters. The average Bonchev–Trinajstić information content (AvgIpc) is 2.77. The standard InChI is InChI=1S/C13H13BrCl2N2O/c1-18-8-9(7-17-18)2-3-19-13-10(6-14)4-11(15)5-12(13)16/h4-5,7-8H,2-3,6H2,1H3. The van der Waals surface area contributed by atoms with Crippen molar-refractivity contribution in [1.29, 1.82) is 0 Å². The summed E-state index contributed by atoms with van der Waals surface area (Å²) in [5.41, 5.74) is 2.08. The van der Waals surface area contributed by atoms with Gasteiger partial charge in [0.1, 0.15) is 5.75 Å². The molecule has 0 aliphatic heterocycles. The van der Waals surface area contributed by atoms with Gasteiger partial charge in [-0.05, 0) is 17.7 Å². The van der Waals surface area contributed by atoms with E-state index in [2.05, 4.69) is 21.0 Å². The highest BCUT2D eigenvalue weighted by atomic mass is 79.9. The van der Waals surface area contributed by atoms with Crippen LogP contribution in [0.1, 0.15) is 11.1 Å². The number of ether oxygens (including phenoxy) is 1. The number of rotatable bonds is 5. The van der Waals surface area contributed by atoms with Crippen molar-refractivity contribution in [2.45, 2.75) is 11.8 Å². The van der Waals surface area contributed by atoms with E-state index in [9.17, 15) is 0 Å². The summed E-state index contributed by atoms with van der Waals surface area (Å²) in [4.78, 5) is 0.